The van der Waals surface area contributed by atoms with E-state index in [0.29, 0.717) is 6.42 Å². The van der Waals surface area contributed by atoms with Gasteiger partial charge < -0.3 is 10.3 Å². The Kier molecular flexibility index (Phi) is 3.67. The van der Waals surface area contributed by atoms with Gasteiger partial charge in [0.25, 0.3) is 11.6 Å². The molecular formula is C10H11N3O3. The van der Waals surface area contributed by atoms with Gasteiger partial charge in [-0.05, 0) is 6.92 Å². The van der Waals surface area contributed by atoms with E-state index < -0.39 is 10.8 Å². The number of carbonyl (C=O) groups is 1. The minimum Gasteiger partial charge on any atom is -0.351 e. The summed E-state index contributed by atoms with van der Waals surface area (Å²) in [5.74, 6) is 2.01. The van der Waals surface area contributed by atoms with E-state index in [2.05, 4.69) is 16.2 Å². The molecule has 16 heavy (non-hydrogen) atoms. The molecule has 1 rings (SSSR count). The largest absolute Gasteiger partial charge is 0.351 e. The highest BCUT2D eigenvalue weighted by atomic mass is 16.6. The molecular weight excluding hydrogens is 210 g/mol. The maximum absolute atomic E-state index is 11.5. The van der Waals surface area contributed by atoms with Gasteiger partial charge in [0.05, 0.1) is 11.1 Å². The maximum Gasteiger partial charge on any atom is 0.287 e. The molecule has 6 nitrogen and oxygen atoms in total. The molecule has 0 aliphatic rings. The number of terminal acetylenes is 1. The molecule has 1 aromatic rings. The zero-order valence-corrected chi connectivity index (χ0v) is 8.69. The first kappa shape index (κ1) is 11.8. The third-order valence-corrected chi connectivity index (χ3v) is 1.92. The molecule has 0 fully saturated rings. The van der Waals surface area contributed by atoms with Crippen LogP contribution in [0.4, 0.5) is 5.69 Å². The molecule has 0 saturated carbocycles. The quantitative estimate of drug-likeness (QED) is 0.452. The van der Waals surface area contributed by atoms with E-state index in [1.165, 1.54) is 12.3 Å². The molecule has 0 aromatic carbocycles. The van der Waals surface area contributed by atoms with Gasteiger partial charge in [-0.25, -0.2) is 0 Å². The third-order valence-electron chi connectivity index (χ3n) is 1.92. The van der Waals surface area contributed by atoms with Crippen molar-refractivity contribution in [2.24, 2.45) is 0 Å². The Morgan fingerprint density at radius 1 is 1.81 bits per heavy atom. The van der Waals surface area contributed by atoms with Crippen molar-refractivity contribution < 1.29 is 9.72 Å². The van der Waals surface area contributed by atoms with Gasteiger partial charge in [0.15, 0.2) is 0 Å². The average molecular weight is 221 g/mol. The standard InChI is InChI=1S/C10H11N3O3/c1-3-4-7(2)12-10(14)9-5-8(6-11-9)13(15)16/h1,5-7,11H,4H2,2H3,(H,12,14). The lowest BCUT2D eigenvalue weighted by Gasteiger charge is -2.09. The van der Waals surface area contributed by atoms with Crippen LogP contribution < -0.4 is 5.32 Å². The number of H-pyrrole nitrogens is 1. The fraction of sp³-hybridized carbons (Fsp3) is 0.300. The maximum atomic E-state index is 11.5. The van der Waals surface area contributed by atoms with E-state index in [1.807, 2.05) is 0 Å². The summed E-state index contributed by atoms with van der Waals surface area (Å²) in [4.78, 5) is 23.9. The first-order valence-electron chi connectivity index (χ1n) is 4.61. The van der Waals surface area contributed by atoms with E-state index in [4.69, 9.17) is 6.42 Å². The fourth-order valence-corrected chi connectivity index (χ4v) is 1.15. The number of nitro groups is 1. The number of rotatable bonds is 4. The molecule has 0 saturated heterocycles. The number of aromatic amines is 1. The van der Waals surface area contributed by atoms with Gasteiger partial charge >= 0.3 is 0 Å². The fourth-order valence-electron chi connectivity index (χ4n) is 1.15. The molecule has 1 unspecified atom stereocenters. The van der Waals surface area contributed by atoms with Gasteiger partial charge in [0, 0.05) is 18.5 Å². The highest BCUT2D eigenvalue weighted by Gasteiger charge is 2.15. The lowest BCUT2D eigenvalue weighted by atomic mass is 10.2. The molecule has 2 N–H and O–H groups in total. The lowest BCUT2D eigenvalue weighted by Crippen LogP contribution is -2.32. The van der Waals surface area contributed by atoms with Crippen molar-refractivity contribution in [3.05, 3.63) is 28.1 Å². The first-order chi connectivity index (χ1) is 7.54. The summed E-state index contributed by atoms with van der Waals surface area (Å²) < 4.78 is 0. The summed E-state index contributed by atoms with van der Waals surface area (Å²) in [6, 6.07) is 1.01. The van der Waals surface area contributed by atoms with Crippen LogP contribution in [0.25, 0.3) is 0 Å². The summed E-state index contributed by atoms with van der Waals surface area (Å²) in [5, 5.41) is 13.0. The van der Waals surface area contributed by atoms with Crippen molar-refractivity contribution in [1.29, 1.82) is 0 Å². The highest BCUT2D eigenvalue weighted by Crippen LogP contribution is 2.12. The number of carbonyl (C=O) groups excluding carboxylic acids is 1. The van der Waals surface area contributed by atoms with Gasteiger partial charge in [-0.2, -0.15) is 0 Å². The topological polar surface area (TPSA) is 88.0 Å². The minimum absolute atomic E-state index is 0.144. The minimum atomic E-state index is -0.571. The van der Waals surface area contributed by atoms with E-state index >= 15 is 0 Å². The predicted molar refractivity (Wildman–Crippen MR) is 57.8 cm³/mol. The number of hydrogen-bond donors (Lipinski definition) is 2. The Labute approximate surface area is 92.2 Å². The SMILES string of the molecule is C#CCC(C)NC(=O)c1cc([N+](=O)[O-])c[nH]1. The van der Waals surface area contributed by atoms with Crippen LogP contribution in [0.5, 0.6) is 0 Å². The number of nitrogens with one attached hydrogen (secondary N) is 2. The van der Waals surface area contributed by atoms with Gasteiger partial charge in [-0.15, -0.1) is 12.3 Å². The second-order valence-electron chi connectivity index (χ2n) is 3.31. The summed E-state index contributed by atoms with van der Waals surface area (Å²) in [5.41, 5.74) is 0.00493. The third kappa shape index (κ3) is 2.85. The van der Waals surface area contributed by atoms with E-state index in [-0.39, 0.29) is 17.4 Å². The van der Waals surface area contributed by atoms with Crippen molar-refractivity contribution in [1.82, 2.24) is 10.3 Å². The van der Waals surface area contributed by atoms with Crippen LogP contribution >= 0.6 is 0 Å². The Morgan fingerprint density at radius 2 is 2.50 bits per heavy atom. The van der Waals surface area contributed by atoms with E-state index in [9.17, 15) is 14.9 Å². The molecule has 0 aliphatic heterocycles. The van der Waals surface area contributed by atoms with E-state index in [1.54, 1.807) is 6.92 Å². The molecule has 1 amide bonds. The molecule has 0 bridgehead atoms. The van der Waals surface area contributed by atoms with Crippen molar-refractivity contribution in [3.63, 3.8) is 0 Å². The van der Waals surface area contributed by atoms with E-state index in [0.717, 1.165) is 0 Å². The van der Waals surface area contributed by atoms with Gasteiger partial charge in [-0.1, -0.05) is 0 Å². The van der Waals surface area contributed by atoms with Crippen molar-refractivity contribution in [2.45, 2.75) is 19.4 Å². The predicted octanol–water partition coefficient (Wildman–Crippen LogP) is 1.06. The first-order valence-corrected chi connectivity index (χ1v) is 4.61. The second-order valence-corrected chi connectivity index (χ2v) is 3.31. The number of amides is 1. The molecule has 1 atom stereocenters. The summed E-state index contributed by atoms with van der Waals surface area (Å²) in [6.45, 7) is 1.76. The van der Waals surface area contributed by atoms with Gasteiger partial charge in [-0.3, -0.25) is 14.9 Å². The summed E-state index contributed by atoms with van der Waals surface area (Å²) in [6.07, 6.45) is 6.67. The lowest BCUT2D eigenvalue weighted by molar-refractivity contribution is -0.384. The molecule has 0 aliphatic carbocycles. The molecule has 0 spiro atoms. The number of aromatic nitrogens is 1. The Hall–Kier alpha value is -2.29. The monoisotopic (exact) mass is 221 g/mol. The molecule has 1 heterocycles. The molecule has 0 radical (unpaired) electrons. The zero-order chi connectivity index (χ0) is 12.1. The van der Waals surface area contributed by atoms with Crippen molar-refractivity contribution >= 4 is 11.6 Å². The zero-order valence-electron chi connectivity index (χ0n) is 8.69. The van der Waals surface area contributed by atoms with Crippen molar-refractivity contribution in [2.75, 3.05) is 0 Å². The van der Waals surface area contributed by atoms with Crippen LogP contribution in [0, 0.1) is 22.5 Å². The van der Waals surface area contributed by atoms with Crippen LogP contribution in [0.3, 0.4) is 0 Å². The van der Waals surface area contributed by atoms with Gasteiger partial charge in [0.2, 0.25) is 0 Å². The summed E-state index contributed by atoms with van der Waals surface area (Å²) in [7, 11) is 0. The van der Waals surface area contributed by atoms with Crippen LogP contribution in [0.1, 0.15) is 23.8 Å². The van der Waals surface area contributed by atoms with Crippen LogP contribution in [-0.4, -0.2) is 21.9 Å². The number of hydrogen-bond acceptors (Lipinski definition) is 3. The Bertz CT molecular complexity index is 444. The Balaban J connectivity index is 2.67. The van der Waals surface area contributed by atoms with Crippen LogP contribution in [-0.2, 0) is 0 Å². The molecule has 6 heteroatoms. The summed E-state index contributed by atoms with van der Waals surface area (Å²) >= 11 is 0. The van der Waals surface area contributed by atoms with Gasteiger partial charge in [0.1, 0.15) is 5.69 Å². The molecule has 84 valence electrons. The van der Waals surface area contributed by atoms with Crippen molar-refractivity contribution in [3.8, 4) is 12.3 Å². The van der Waals surface area contributed by atoms with Crippen LogP contribution in [0.15, 0.2) is 12.3 Å². The smallest absolute Gasteiger partial charge is 0.287 e. The normalized spacial score (nSPS) is 11.5. The average Bonchev–Trinajstić information content (AvgIpc) is 2.66. The second kappa shape index (κ2) is 4.98. The highest BCUT2D eigenvalue weighted by molar-refractivity contribution is 5.93. The number of nitrogens with zero attached hydrogens (tertiary/aromatic N) is 1. The Morgan fingerprint density at radius 3 is 3.00 bits per heavy atom. The molecule has 1 aromatic heterocycles. The van der Waals surface area contributed by atoms with Crippen LogP contribution in [0.2, 0.25) is 0 Å².